The zero-order valence-corrected chi connectivity index (χ0v) is 43.3. The summed E-state index contributed by atoms with van der Waals surface area (Å²) in [4.78, 5) is 4.81. The molecule has 2 heterocycles. The van der Waals surface area contributed by atoms with E-state index in [1.807, 2.05) is 0 Å². The van der Waals surface area contributed by atoms with Crippen molar-refractivity contribution < 1.29 is 0 Å². The Labute approximate surface area is 451 Å². The number of hydrogen-bond acceptors (Lipinski definition) is 2. The normalized spacial score (nSPS) is 14.5. The van der Waals surface area contributed by atoms with E-state index in [1.54, 1.807) is 0 Å². The van der Waals surface area contributed by atoms with Crippen molar-refractivity contribution in [1.82, 2.24) is 9.13 Å². The maximum atomic E-state index is 2.52. The van der Waals surface area contributed by atoms with E-state index in [0.717, 1.165) is 64.5 Å². The highest BCUT2D eigenvalue weighted by Crippen LogP contribution is 2.44. The number of allylic oxidation sites excluding steroid dienone is 6. The number of rotatable bonds is 11. The molecule has 10 aromatic carbocycles. The van der Waals surface area contributed by atoms with E-state index >= 15 is 0 Å². The van der Waals surface area contributed by atoms with E-state index in [-0.39, 0.29) is 0 Å². The van der Waals surface area contributed by atoms with Crippen molar-refractivity contribution in [3.05, 3.63) is 267 Å². The van der Waals surface area contributed by atoms with Crippen molar-refractivity contribution in [2.75, 3.05) is 9.80 Å². The van der Waals surface area contributed by atoms with Crippen molar-refractivity contribution in [2.45, 2.75) is 39.0 Å². The van der Waals surface area contributed by atoms with Crippen LogP contribution in [0.2, 0.25) is 0 Å². The summed E-state index contributed by atoms with van der Waals surface area (Å²) in [5.74, 6) is 0.575. The zero-order valence-electron chi connectivity index (χ0n) is 43.3. The molecule has 1 unspecified atom stereocenters. The molecule has 0 aliphatic heterocycles. The average molecular weight is 991 g/mol. The Morgan fingerprint density at radius 3 is 1.14 bits per heavy atom. The Morgan fingerprint density at radius 1 is 0.351 bits per heavy atom. The van der Waals surface area contributed by atoms with Gasteiger partial charge in [-0.3, -0.25) is 0 Å². The number of anilines is 6. The molecule has 2 aromatic heterocycles. The number of aromatic nitrogens is 2. The molecule has 0 amide bonds. The van der Waals surface area contributed by atoms with Gasteiger partial charge in [0.2, 0.25) is 0 Å². The van der Waals surface area contributed by atoms with Crippen LogP contribution in [0.1, 0.15) is 39.0 Å². The van der Waals surface area contributed by atoms with Gasteiger partial charge in [0.05, 0.1) is 22.1 Å². The van der Waals surface area contributed by atoms with E-state index in [4.69, 9.17) is 0 Å². The third-order valence-corrected chi connectivity index (χ3v) is 16.0. The Morgan fingerprint density at radius 2 is 0.727 bits per heavy atom. The van der Waals surface area contributed by atoms with Gasteiger partial charge in [0.1, 0.15) is 0 Å². The van der Waals surface area contributed by atoms with Gasteiger partial charge in [-0.15, -0.1) is 0 Å². The molecule has 12 aromatic rings. The maximum Gasteiger partial charge on any atom is 0.0539 e. The molecule has 0 fully saturated rings. The number of hydrogen-bond donors (Lipinski definition) is 0. The van der Waals surface area contributed by atoms with Crippen LogP contribution in [0, 0.1) is 5.92 Å². The Balaban J connectivity index is 0.838. The molecule has 0 N–H and O–H groups in total. The molecule has 0 bridgehead atoms. The van der Waals surface area contributed by atoms with Gasteiger partial charge < -0.3 is 18.9 Å². The van der Waals surface area contributed by atoms with Crippen LogP contribution in [0.15, 0.2) is 267 Å². The number of para-hydroxylation sites is 2. The summed E-state index contributed by atoms with van der Waals surface area (Å²) in [6.07, 6.45) is 14.9. The highest BCUT2D eigenvalue weighted by Gasteiger charge is 2.22. The van der Waals surface area contributed by atoms with E-state index in [2.05, 4.69) is 293 Å². The zero-order chi connectivity index (χ0) is 51.2. The average Bonchev–Trinajstić information content (AvgIpc) is 4.05. The predicted octanol–water partition coefficient (Wildman–Crippen LogP) is 20.7. The summed E-state index contributed by atoms with van der Waals surface area (Å²) in [6, 6.07) is 89.3. The molecule has 1 atom stereocenters. The van der Waals surface area contributed by atoms with Crippen molar-refractivity contribution in [3.8, 4) is 33.4 Å². The molecule has 4 nitrogen and oxygen atoms in total. The fourth-order valence-electron chi connectivity index (χ4n) is 12.2. The smallest absolute Gasteiger partial charge is 0.0539 e. The van der Waals surface area contributed by atoms with Gasteiger partial charge in [-0.2, -0.15) is 0 Å². The molecule has 2 aliphatic rings. The largest absolute Gasteiger partial charge is 0.313 e. The van der Waals surface area contributed by atoms with E-state index in [0.29, 0.717) is 5.92 Å². The van der Waals surface area contributed by atoms with Crippen LogP contribution in [-0.2, 0) is 0 Å². The number of nitrogens with zero attached hydrogens (tertiary/aromatic N) is 4. The molecular weight excluding hydrogens is 933 g/mol. The fraction of sp³-hybridized carbons (Fsp3) is 0.0959. The standard InChI is InChI=1S/C73H58N4/c1-51-16-15-23-63(48-51)77-71-27-14-12-25-67(71)69-50-65(45-47-73(69)77)75(60-38-30-55(31-39-60)53-19-7-3-8-20-53)62-42-34-57(35-43-62)56-32-40-61(41-33-56)74(59-36-28-54(29-37-59)52-17-5-2-6-18-52)64-44-46-72-68(49-64)66-24-11-13-26-70(66)76(72)58-21-9-4-10-22-58/h2-9,11-14,17-21,24-51H,10,15-16,22-23H2,1H3. The highest BCUT2D eigenvalue weighted by atomic mass is 15.1. The minimum Gasteiger partial charge on any atom is -0.313 e. The summed E-state index contributed by atoms with van der Waals surface area (Å²) < 4.78 is 4.99. The number of fused-ring (bicyclic) bond motifs is 6. The van der Waals surface area contributed by atoms with Crippen LogP contribution in [0.3, 0.4) is 0 Å². The van der Waals surface area contributed by atoms with Gasteiger partial charge in [-0.25, -0.2) is 0 Å². The van der Waals surface area contributed by atoms with Crippen molar-refractivity contribution >= 4 is 89.1 Å². The lowest BCUT2D eigenvalue weighted by Gasteiger charge is -2.27. The summed E-state index contributed by atoms with van der Waals surface area (Å²) in [5.41, 5.74) is 21.5. The second-order valence-corrected chi connectivity index (χ2v) is 20.9. The first-order valence-electron chi connectivity index (χ1n) is 27.3. The van der Waals surface area contributed by atoms with Gasteiger partial charge in [0.25, 0.3) is 0 Å². The molecule has 2 aliphatic carbocycles. The third-order valence-electron chi connectivity index (χ3n) is 16.0. The number of benzene rings is 10. The molecule has 370 valence electrons. The van der Waals surface area contributed by atoms with Crippen LogP contribution in [0.5, 0.6) is 0 Å². The van der Waals surface area contributed by atoms with E-state index in [9.17, 15) is 0 Å². The van der Waals surface area contributed by atoms with Crippen LogP contribution < -0.4 is 9.80 Å². The minimum atomic E-state index is 0.575. The molecule has 0 spiro atoms. The summed E-state index contributed by atoms with van der Waals surface area (Å²) in [6.45, 7) is 2.35. The van der Waals surface area contributed by atoms with Crippen molar-refractivity contribution in [3.63, 3.8) is 0 Å². The summed E-state index contributed by atoms with van der Waals surface area (Å²) in [7, 11) is 0. The van der Waals surface area contributed by atoms with Crippen molar-refractivity contribution in [2.24, 2.45) is 5.92 Å². The van der Waals surface area contributed by atoms with Crippen LogP contribution in [-0.4, -0.2) is 9.13 Å². The van der Waals surface area contributed by atoms with Crippen molar-refractivity contribution in [1.29, 1.82) is 0 Å². The monoisotopic (exact) mass is 990 g/mol. The van der Waals surface area contributed by atoms with E-state index < -0.39 is 0 Å². The maximum absolute atomic E-state index is 2.52. The SMILES string of the molecule is CC1C=C(n2c3ccccc3c3cc(N(c4ccc(-c5ccccc5)cc4)c4ccc(-c5ccc(N(c6ccc(-c7ccccc7)cc6)c6ccc7c(c6)c6ccccc6n7C6=CC=CCC6)cc5)cc4)ccc32)CCC1. The fourth-order valence-corrected chi connectivity index (χ4v) is 12.2. The quantitative estimate of drug-likeness (QED) is 0.128. The van der Waals surface area contributed by atoms with Crippen LogP contribution in [0.4, 0.5) is 34.1 Å². The first-order chi connectivity index (χ1) is 38.1. The van der Waals surface area contributed by atoms with Gasteiger partial charge >= 0.3 is 0 Å². The topological polar surface area (TPSA) is 16.3 Å². The van der Waals surface area contributed by atoms with Gasteiger partial charge in [0, 0.05) is 67.1 Å². The first-order valence-corrected chi connectivity index (χ1v) is 27.3. The van der Waals surface area contributed by atoms with Crippen LogP contribution >= 0.6 is 0 Å². The molecule has 0 radical (unpaired) electrons. The lowest BCUT2D eigenvalue weighted by molar-refractivity contribution is 0.584. The molecule has 14 rings (SSSR count). The first kappa shape index (κ1) is 46.2. The summed E-state index contributed by atoms with van der Waals surface area (Å²) >= 11 is 0. The van der Waals surface area contributed by atoms with Gasteiger partial charge in [-0.1, -0.05) is 171 Å². The third kappa shape index (κ3) is 8.53. The molecule has 0 saturated carbocycles. The Bertz CT molecular complexity index is 4210. The lowest BCUT2D eigenvalue weighted by atomic mass is 9.95. The Hall–Kier alpha value is -9.38. The van der Waals surface area contributed by atoms with Gasteiger partial charge in [-0.05, 0) is 175 Å². The molecule has 77 heavy (non-hydrogen) atoms. The molecule has 0 saturated heterocycles. The lowest BCUT2D eigenvalue weighted by Crippen LogP contribution is -2.10. The second kappa shape index (κ2) is 19.7. The minimum absolute atomic E-state index is 0.575. The highest BCUT2D eigenvalue weighted by molar-refractivity contribution is 6.13. The predicted molar refractivity (Wildman–Crippen MR) is 328 cm³/mol. The summed E-state index contributed by atoms with van der Waals surface area (Å²) in [5, 5.41) is 5.05. The molecule has 4 heteroatoms. The van der Waals surface area contributed by atoms with Crippen LogP contribution in [0.25, 0.3) is 88.4 Å². The van der Waals surface area contributed by atoms with E-state index in [1.165, 1.54) is 90.1 Å². The Kier molecular flexibility index (Phi) is 11.8. The molecular formula is C73H58N4. The van der Waals surface area contributed by atoms with Gasteiger partial charge in [0.15, 0.2) is 0 Å². The second-order valence-electron chi connectivity index (χ2n) is 20.9.